The second-order valence-corrected chi connectivity index (χ2v) is 8.55. The molecular formula is C21H19N5O3S. The van der Waals surface area contributed by atoms with Gasteiger partial charge in [-0.25, -0.2) is 9.97 Å². The zero-order valence-electron chi connectivity index (χ0n) is 16.7. The molecule has 0 aliphatic heterocycles. The molecule has 0 aliphatic carbocycles. The number of likely N-dealkylation sites (N-methyl/N-ethyl adjacent to an activating group) is 1. The first kappa shape index (κ1) is 18.6. The molecule has 0 bridgehead atoms. The van der Waals surface area contributed by atoms with Gasteiger partial charge in [0.15, 0.2) is 4.96 Å². The largest absolute Gasteiger partial charge is 0.448 e. The van der Waals surface area contributed by atoms with E-state index in [1.807, 2.05) is 42.6 Å². The highest BCUT2D eigenvalue weighted by molar-refractivity contribution is 7.17. The van der Waals surface area contributed by atoms with Crippen molar-refractivity contribution in [1.82, 2.24) is 23.8 Å². The quantitative estimate of drug-likeness (QED) is 0.445. The fraction of sp³-hybridized carbons (Fsp3) is 0.238. The normalized spacial score (nSPS) is 11.7. The van der Waals surface area contributed by atoms with Crippen molar-refractivity contribution in [3.05, 3.63) is 63.4 Å². The van der Waals surface area contributed by atoms with Crippen molar-refractivity contribution >= 4 is 44.3 Å². The summed E-state index contributed by atoms with van der Waals surface area (Å²) in [5.41, 5.74) is 2.76. The van der Waals surface area contributed by atoms with Crippen molar-refractivity contribution in [1.29, 1.82) is 0 Å². The summed E-state index contributed by atoms with van der Waals surface area (Å²) in [6.45, 7) is 4.25. The van der Waals surface area contributed by atoms with Crippen LogP contribution in [-0.2, 0) is 17.9 Å². The molecule has 9 heteroatoms. The number of hydrogen-bond acceptors (Lipinski definition) is 6. The number of carbonyl (C=O) groups excluding carboxylic acids is 1. The zero-order chi connectivity index (χ0) is 21.0. The lowest BCUT2D eigenvalue weighted by atomic mass is 10.2. The summed E-state index contributed by atoms with van der Waals surface area (Å²) in [7, 11) is 1.72. The van der Waals surface area contributed by atoms with Gasteiger partial charge in [-0.15, -0.1) is 11.3 Å². The minimum Gasteiger partial charge on any atom is -0.448 e. The van der Waals surface area contributed by atoms with Gasteiger partial charge in [-0.05, 0) is 26.0 Å². The first-order valence-corrected chi connectivity index (χ1v) is 10.3. The number of thiazole rings is 1. The summed E-state index contributed by atoms with van der Waals surface area (Å²) in [6, 6.07) is 7.36. The van der Waals surface area contributed by atoms with E-state index in [1.165, 1.54) is 10.9 Å². The van der Waals surface area contributed by atoms with Gasteiger partial charge in [-0.1, -0.05) is 12.1 Å². The topological polar surface area (TPSA) is 85.6 Å². The molecule has 30 heavy (non-hydrogen) atoms. The summed E-state index contributed by atoms with van der Waals surface area (Å²) < 4.78 is 9.00. The first-order chi connectivity index (χ1) is 14.4. The van der Waals surface area contributed by atoms with Crippen LogP contribution in [0.25, 0.3) is 27.0 Å². The summed E-state index contributed by atoms with van der Waals surface area (Å²) in [4.78, 5) is 38.3. The summed E-state index contributed by atoms with van der Waals surface area (Å²) >= 11 is 1.61. The molecule has 0 spiro atoms. The minimum absolute atomic E-state index is 0.112. The lowest BCUT2D eigenvalue weighted by Crippen LogP contribution is -2.34. The smallest absolute Gasteiger partial charge is 0.297 e. The van der Waals surface area contributed by atoms with Crippen LogP contribution in [0.5, 0.6) is 0 Å². The Balaban J connectivity index is 1.42. The van der Waals surface area contributed by atoms with Crippen LogP contribution in [0.4, 0.5) is 0 Å². The first-order valence-electron chi connectivity index (χ1n) is 9.47. The van der Waals surface area contributed by atoms with Crippen LogP contribution in [-0.4, -0.2) is 36.8 Å². The number of aromatic nitrogens is 4. The molecule has 4 aromatic heterocycles. The molecule has 5 rings (SSSR count). The maximum atomic E-state index is 12.9. The number of carbonyl (C=O) groups is 1. The zero-order valence-corrected chi connectivity index (χ0v) is 17.6. The van der Waals surface area contributed by atoms with E-state index in [-0.39, 0.29) is 23.6 Å². The van der Waals surface area contributed by atoms with Gasteiger partial charge in [0.25, 0.3) is 5.56 Å². The molecule has 1 amide bonds. The predicted octanol–water partition coefficient (Wildman–Crippen LogP) is 3.13. The number of rotatable bonds is 4. The Bertz CT molecular complexity index is 1490. The van der Waals surface area contributed by atoms with E-state index in [0.717, 1.165) is 26.6 Å². The van der Waals surface area contributed by atoms with Crippen molar-refractivity contribution < 1.29 is 9.21 Å². The molecule has 0 aliphatic rings. The van der Waals surface area contributed by atoms with E-state index < -0.39 is 0 Å². The molecule has 0 saturated carbocycles. The molecule has 0 saturated heterocycles. The minimum atomic E-state index is -0.366. The summed E-state index contributed by atoms with van der Waals surface area (Å²) in [5.74, 6) is -0.198. The van der Waals surface area contributed by atoms with Gasteiger partial charge in [0.05, 0.1) is 24.3 Å². The number of nitrogens with zero attached hydrogens (tertiary/aromatic N) is 5. The van der Waals surface area contributed by atoms with Crippen molar-refractivity contribution in [2.45, 2.75) is 26.9 Å². The fourth-order valence-electron chi connectivity index (χ4n) is 3.61. The number of furan rings is 1. The van der Waals surface area contributed by atoms with E-state index in [4.69, 9.17) is 4.42 Å². The van der Waals surface area contributed by atoms with E-state index in [9.17, 15) is 9.59 Å². The molecule has 152 valence electrons. The molecule has 4 heterocycles. The maximum Gasteiger partial charge on any atom is 0.297 e. The number of fused-ring (bicyclic) bond motifs is 4. The molecule has 8 nitrogen and oxygen atoms in total. The van der Waals surface area contributed by atoms with Crippen LogP contribution in [0.2, 0.25) is 0 Å². The Morgan fingerprint density at radius 1 is 1.27 bits per heavy atom. The van der Waals surface area contributed by atoms with Crippen LogP contribution >= 0.6 is 11.3 Å². The highest BCUT2D eigenvalue weighted by atomic mass is 32.1. The average Bonchev–Trinajstić information content (AvgIpc) is 3.35. The van der Waals surface area contributed by atoms with Crippen LogP contribution in [0.3, 0.4) is 0 Å². The number of aryl methyl sites for hydroxylation is 2. The molecule has 5 aromatic rings. The fourth-order valence-corrected chi connectivity index (χ4v) is 4.50. The van der Waals surface area contributed by atoms with Crippen LogP contribution in [0.15, 0.2) is 46.0 Å². The second kappa shape index (κ2) is 6.81. The highest BCUT2D eigenvalue weighted by Gasteiger charge is 2.19. The van der Waals surface area contributed by atoms with Crippen molar-refractivity contribution in [2.75, 3.05) is 7.05 Å². The lowest BCUT2D eigenvalue weighted by molar-refractivity contribution is -0.131. The van der Waals surface area contributed by atoms with E-state index in [0.29, 0.717) is 17.6 Å². The van der Waals surface area contributed by atoms with Crippen molar-refractivity contribution in [2.24, 2.45) is 0 Å². The molecular weight excluding hydrogens is 402 g/mol. The van der Waals surface area contributed by atoms with Gasteiger partial charge in [0.1, 0.15) is 17.6 Å². The third-order valence-corrected chi connectivity index (χ3v) is 6.11. The molecule has 0 radical (unpaired) electrons. The molecule has 0 atom stereocenters. The average molecular weight is 421 g/mol. The Kier molecular flexibility index (Phi) is 4.21. The van der Waals surface area contributed by atoms with Crippen LogP contribution in [0, 0.1) is 13.8 Å². The van der Waals surface area contributed by atoms with Crippen molar-refractivity contribution in [3.8, 4) is 0 Å². The predicted molar refractivity (Wildman–Crippen MR) is 115 cm³/mol. The lowest BCUT2D eigenvalue weighted by Gasteiger charge is -2.17. The van der Waals surface area contributed by atoms with E-state index >= 15 is 0 Å². The van der Waals surface area contributed by atoms with Crippen LogP contribution in [0.1, 0.15) is 16.3 Å². The van der Waals surface area contributed by atoms with Gasteiger partial charge in [-0.3, -0.25) is 18.6 Å². The SMILES string of the molecule is Cc1cn2c(CN(C)C(=O)Cn3cnc4c(oc5ccccc54)c3=O)c(C)nc2s1. The van der Waals surface area contributed by atoms with E-state index in [1.54, 1.807) is 29.4 Å². The van der Waals surface area contributed by atoms with E-state index in [2.05, 4.69) is 9.97 Å². The summed E-state index contributed by atoms with van der Waals surface area (Å²) in [6.07, 6.45) is 3.43. The standard InChI is InChI=1S/C21H19N5O3S/c1-12-8-26-15(13(2)23-21(26)30-12)9-24(3)17(27)10-25-11-22-18-14-6-4-5-7-16(14)29-19(18)20(25)28/h4-8,11H,9-10H2,1-3H3. The molecule has 0 fully saturated rings. The molecule has 0 unspecified atom stereocenters. The number of imidazole rings is 1. The van der Waals surface area contributed by atoms with Gasteiger partial charge >= 0.3 is 0 Å². The monoisotopic (exact) mass is 421 g/mol. The van der Waals surface area contributed by atoms with Gasteiger partial charge in [0, 0.05) is 23.5 Å². The number of hydrogen-bond donors (Lipinski definition) is 0. The Hall–Kier alpha value is -3.46. The molecule has 0 N–H and O–H groups in total. The Morgan fingerprint density at radius 3 is 2.90 bits per heavy atom. The number of para-hydroxylation sites is 1. The third-order valence-electron chi connectivity index (χ3n) is 5.21. The van der Waals surface area contributed by atoms with Crippen LogP contribution < -0.4 is 5.56 Å². The third kappa shape index (κ3) is 2.89. The Labute approximate surface area is 175 Å². The second-order valence-electron chi connectivity index (χ2n) is 7.34. The van der Waals surface area contributed by atoms with Gasteiger partial charge < -0.3 is 9.32 Å². The van der Waals surface area contributed by atoms with Crippen molar-refractivity contribution in [3.63, 3.8) is 0 Å². The van der Waals surface area contributed by atoms with Gasteiger partial charge in [-0.2, -0.15) is 0 Å². The van der Waals surface area contributed by atoms with Gasteiger partial charge in [0.2, 0.25) is 11.5 Å². The number of benzene rings is 1. The maximum absolute atomic E-state index is 12.9. The highest BCUT2D eigenvalue weighted by Crippen LogP contribution is 2.24. The summed E-state index contributed by atoms with van der Waals surface area (Å²) in [5, 5.41) is 0.784. The Morgan fingerprint density at radius 2 is 2.07 bits per heavy atom. The number of amides is 1. The molecule has 1 aromatic carbocycles.